The summed E-state index contributed by atoms with van der Waals surface area (Å²) in [6, 6.07) is 7.22. The van der Waals surface area contributed by atoms with Gasteiger partial charge >= 0.3 is 5.97 Å². The Hall–Kier alpha value is -2.12. The summed E-state index contributed by atoms with van der Waals surface area (Å²) in [5.41, 5.74) is 2.20. The summed E-state index contributed by atoms with van der Waals surface area (Å²) < 4.78 is 5.05. The third-order valence-electron chi connectivity index (χ3n) is 2.20. The van der Waals surface area contributed by atoms with Gasteiger partial charge in [-0.1, -0.05) is 18.7 Å². The van der Waals surface area contributed by atoms with E-state index in [1.165, 1.54) is 0 Å². The molecule has 0 unspecified atom stereocenters. The van der Waals surface area contributed by atoms with Gasteiger partial charge in [-0.05, 0) is 30.3 Å². The van der Waals surface area contributed by atoms with Crippen LogP contribution in [-0.4, -0.2) is 19.6 Å². The first-order chi connectivity index (χ1) is 8.21. The normalized spacial score (nSPS) is 9.41. The Kier molecular flexibility index (Phi) is 4.92. The predicted octanol–water partition coefficient (Wildman–Crippen LogP) is 1.46. The Labute approximate surface area is 101 Å². The average molecular weight is 230 g/mol. The molecule has 0 spiro atoms. The van der Waals surface area contributed by atoms with Crippen molar-refractivity contribution in [2.75, 3.05) is 13.6 Å². The van der Waals surface area contributed by atoms with Crippen molar-refractivity contribution in [1.29, 1.82) is 5.26 Å². The third kappa shape index (κ3) is 3.74. The van der Waals surface area contributed by atoms with Gasteiger partial charge in [0.05, 0.1) is 18.2 Å². The molecule has 0 aliphatic rings. The van der Waals surface area contributed by atoms with E-state index >= 15 is 0 Å². The number of rotatable bonds is 5. The SMILES string of the molecule is C=Cc1cc(C#N)ccc1COC(=O)CNC. The highest BCUT2D eigenvalue weighted by atomic mass is 16.5. The van der Waals surface area contributed by atoms with Crippen molar-refractivity contribution in [3.63, 3.8) is 0 Å². The molecule has 0 amide bonds. The maximum absolute atomic E-state index is 11.2. The van der Waals surface area contributed by atoms with Crippen molar-refractivity contribution in [2.24, 2.45) is 0 Å². The van der Waals surface area contributed by atoms with Gasteiger partial charge in [0.1, 0.15) is 6.61 Å². The molecule has 4 heteroatoms. The zero-order chi connectivity index (χ0) is 12.7. The van der Waals surface area contributed by atoms with E-state index in [4.69, 9.17) is 10.00 Å². The van der Waals surface area contributed by atoms with Gasteiger partial charge in [0.15, 0.2) is 0 Å². The van der Waals surface area contributed by atoms with Gasteiger partial charge in [0, 0.05) is 0 Å². The number of hydrogen-bond acceptors (Lipinski definition) is 4. The molecule has 4 nitrogen and oxygen atoms in total. The topological polar surface area (TPSA) is 62.1 Å². The molecule has 0 aliphatic heterocycles. The van der Waals surface area contributed by atoms with Gasteiger partial charge in [-0.2, -0.15) is 5.26 Å². The van der Waals surface area contributed by atoms with Gasteiger partial charge in [0.25, 0.3) is 0 Å². The van der Waals surface area contributed by atoms with E-state index in [1.54, 1.807) is 31.3 Å². The molecule has 0 bridgehead atoms. The first kappa shape index (κ1) is 12.9. The molecule has 1 aromatic rings. The van der Waals surface area contributed by atoms with Crippen LogP contribution in [0.15, 0.2) is 24.8 Å². The van der Waals surface area contributed by atoms with Crippen LogP contribution in [-0.2, 0) is 16.1 Å². The minimum Gasteiger partial charge on any atom is -0.460 e. The van der Waals surface area contributed by atoms with Crippen LogP contribution < -0.4 is 5.32 Å². The minimum atomic E-state index is -0.313. The summed E-state index contributed by atoms with van der Waals surface area (Å²) in [5.74, 6) is -0.313. The molecule has 0 saturated heterocycles. The molecule has 0 heterocycles. The number of ether oxygens (including phenoxy) is 1. The lowest BCUT2D eigenvalue weighted by Gasteiger charge is -2.07. The number of nitrogens with zero attached hydrogens (tertiary/aromatic N) is 1. The fraction of sp³-hybridized carbons (Fsp3) is 0.231. The molecule has 17 heavy (non-hydrogen) atoms. The maximum Gasteiger partial charge on any atom is 0.320 e. The Morgan fingerprint density at radius 3 is 3.00 bits per heavy atom. The maximum atomic E-state index is 11.2. The summed E-state index contributed by atoms with van der Waals surface area (Å²) in [6.45, 7) is 4.04. The third-order valence-corrected chi connectivity index (χ3v) is 2.20. The summed E-state index contributed by atoms with van der Waals surface area (Å²) in [6.07, 6.45) is 1.64. The fourth-order valence-electron chi connectivity index (χ4n) is 1.34. The van der Waals surface area contributed by atoms with Crippen LogP contribution in [0.3, 0.4) is 0 Å². The quantitative estimate of drug-likeness (QED) is 0.778. The summed E-state index contributed by atoms with van der Waals surface area (Å²) in [7, 11) is 1.68. The molecule has 0 aliphatic carbocycles. The first-order valence-corrected chi connectivity index (χ1v) is 5.17. The number of hydrogen-bond donors (Lipinski definition) is 1. The molecule has 0 saturated carbocycles. The van der Waals surface area contributed by atoms with Crippen LogP contribution in [0.5, 0.6) is 0 Å². The van der Waals surface area contributed by atoms with Crippen LogP contribution >= 0.6 is 0 Å². The molecule has 0 fully saturated rings. The molecular formula is C13H14N2O2. The number of nitrogens with one attached hydrogen (secondary N) is 1. The van der Waals surface area contributed by atoms with Crippen LogP contribution in [0, 0.1) is 11.3 Å². The lowest BCUT2D eigenvalue weighted by molar-refractivity contribution is -0.143. The van der Waals surface area contributed by atoms with Gasteiger partial charge < -0.3 is 10.1 Å². The number of carbonyl (C=O) groups is 1. The smallest absolute Gasteiger partial charge is 0.320 e. The van der Waals surface area contributed by atoms with Gasteiger partial charge in [-0.15, -0.1) is 0 Å². The van der Waals surface area contributed by atoms with Gasteiger partial charge in [-0.25, -0.2) is 0 Å². The molecule has 88 valence electrons. The van der Waals surface area contributed by atoms with Crippen molar-refractivity contribution >= 4 is 12.0 Å². The van der Waals surface area contributed by atoms with Crippen molar-refractivity contribution in [2.45, 2.75) is 6.61 Å². The van der Waals surface area contributed by atoms with Crippen LogP contribution in [0.25, 0.3) is 6.08 Å². The van der Waals surface area contributed by atoms with E-state index < -0.39 is 0 Å². The van der Waals surface area contributed by atoms with Crippen molar-refractivity contribution < 1.29 is 9.53 Å². The highest BCUT2D eigenvalue weighted by Crippen LogP contribution is 2.14. The predicted molar refractivity (Wildman–Crippen MR) is 65.0 cm³/mol. The van der Waals surface area contributed by atoms with Gasteiger partial charge in [0.2, 0.25) is 0 Å². The van der Waals surface area contributed by atoms with E-state index in [2.05, 4.69) is 11.9 Å². The Bertz CT molecular complexity index is 461. The standard InChI is InChI=1S/C13H14N2O2/c1-3-11-6-10(7-14)4-5-12(11)9-17-13(16)8-15-2/h3-6,15H,1,8-9H2,2H3. The van der Waals surface area contributed by atoms with E-state index in [9.17, 15) is 4.79 Å². The largest absolute Gasteiger partial charge is 0.460 e. The second-order valence-electron chi connectivity index (χ2n) is 3.42. The Balaban J connectivity index is 2.74. The molecule has 1 rings (SSSR count). The monoisotopic (exact) mass is 230 g/mol. The zero-order valence-corrected chi connectivity index (χ0v) is 9.69. The number of likely N-dealkylation sites (N-methyl/N-ethyl adjacent to an activating group) is 1. The minimum absolute atomic E-state index is 0.180. The average Bonchev–Trinajstić information content (AvgIpc) is 2.36. The van der Waals surface area contributed by atoms with Crippen LogP contribution in [0.4, 0.5) is 0 Å². The number of carbonyl (C=O) groups excluding carboxylic acids is 1. The zero-order valence-electron chi connectivity index (χ0n) is 9.69. The van der Waals surface area contributed by atoms with Gasteiger partial charge in [-0.3, -0.25) is 4.79 Å². The highest BCUT2D eigenvalue weighted by Gasteiger charge is 2.05. The number of benzene rings is 1. The lowest BCUT2D eigenvalue weighted by Crippen LogP contribution is -2.20. The molecule has 1 aromatic carbocycles. The lowest BCUT2D eigenvalue weighted by atomic mass is 10.1. The fourth-order valence-corrected chi connectivity index (χ4v) is 1.34. The van der Waals surface area contributed by atoms with E-state index in [-0.39, 0.29) is 19.1 Å². The molecular weight excluding hydrogens is 216 g/mol. The van der Waals surface area contributed by atoms with E-state index in [1.807, 2.05) is 6.07 Å². The Morgan fingerprint density at radius 1 is 1.65 bits per heavy atom. The summed E-state index contributed by atoms with van der Waals surface area (Å²) in [4.78, 5) is 11.2. The number of nitriles is 1. The number of esters is 1. The summed E-state index contributed by atoms with van der Waals surface area (Å²) in [5, 5.41) is 11.5. The van der Waals surface area contributed by atoms with Crippen LogP contribution in [0.2, 0.25) is 0 Å². The second kappa shape index (κ2) is 6.46. The van der Waals surface area contributed by atoms with Crippen molar-refractivity contribution in [3.8, 4) is 6.07 Å². The molecule has 0 aromatic heterocycles. The summed E-state index contributed by atoms with van der Waals surface area (Å²) >= 11 is 0. The highest BCUT2D eigenvalue weighted by molar-refractivity contribution is 5.71. The van der Waals surface area contributed by atoms with E-state index in [0.29, 0.717) is 5.56 Å². The van der Waals surface area contributed by atoms with Crippen molar-refractivity contribution in [1.82, 2.24) is 5.32 Å². The molecule has 0 radical (unpaired) electrons. The van der Waals surface area contributed by atoms with Crippen LogP contribution in [0.1, 0.15) is 16.7 Å². The van der Waals surface area contributed by atoms with Crippen molar-refractivity contribution in [3.05, 3.63) is 41.5 Å². The molecule has 1 N–H and O–H groups in total. The van der Waals surface area contributed by atoms with E-state index in [0.717, 1.165) is 11.1 Å². The Morgan fingerprint density at radius 2 is 2.41 bits per heavy atom. The second-order valence-corrected chi connectivity index (χ2v) is 3.42. The first-order valence-electron chi connectivity index (χ1n) is 5.17. The molecule has 0 atom stereocenters.